The number of ether oxygens (including phenoxy) is 2. The van der Waals surface area contributed by atoms with Crippen molar-refractivity contribution in [3.05, 3.63) is 69.5 Å². The molecule has 7 atom stereocenters. The van der Waals surface area contributed by atoms with Gasteiger partial charge in [-0.3, -0.25) is 4.79 Å². The first-order chi connectivity index (χ1) is 25.2. The van der Waals surface area contributed by atoms with Crippen LogP contribution in [0.25, 0.3) is 0 Å². The summed E-state index contributed by atoms with van der Waals surface area (Å²) in [5, 5.41) is -0.719. The fourth-order valence-electron chi connectivity index (χ4n) is 9.68. The smallest absolute Gasteiger partial charge is 0.264 e. The number of alkyl halides is 2. The average Bonchev–Trinajstić information content (AvgIpc) is 3.24. The van der Waals surface area contributed by atoms with Crippen molar-refractivity contribution in [1.82, 2.24) is 9.62 Å². The van der Waals surface area contributed by atoms with Crippen LogP contribution in [0.5, 0.6) is 5.75 Å². The molecule has 0 unspecified atom stereocenters. The van der Waals surface area contributed by atoms with E-state index in [1.807, 2.05) is 13.0 Å². The van der Waals surface area contributed by atoms with Gasteiger partial charge >= 0.3 is 0 Å². The number of carbonyl (C=O) groups excluding carboxylic acids is 1. The molecule has 1 saturated carbocycles. The lowest BCUT2D eigenvalue weighted by Gasteiger charge is -2.48. The lowest BCUT2D eigenvalue weighted by Crippen LogP contribution is -2.51. The van der Waals surface area contributed by atoms with Crippen LogP contribution in [-0.4, -0.2) is 82.4 Å². The first-order valence-electron chi connectivity index (χ1n) is 19.2. The lowest BCUT2D eigenvalue weighted by atomic mass is 9.64. The monoisotopic (exact) mass is 775 g/mol. The number of hydrogen-bond donors (Lipinski definition) is 1. The van der Waals surface area contributed by atoms with Gasteiger partial charge in [-0.2, -0.15) is 0 Å². The molecular weight excluding hydrogens is 727 g/mol. The molecule has 8 nitrogen and oxygen atoms in total. The van der Waals surface area contributed by atoms with Crippen LogP contribution < -0.4 is 14.4 Å². The topological polar surface area (TPSA) is 88.2 Å². The summed E-state index contributed by atoms with van der Waals surface area (Å²) in [6, 6.07) is 8.63. The number of fused-ring (bicyclic) bond motifs is 6. The summed E-state index contributed by atoms with van der Waals surface area (Å²) < 4.78 is 86.0. The summed E-state index contributed by atoms with van der Waals surface area (Å²) in [4.78, 5) is 17.9. The number of amides is 1. The highest BCUT2D eigenvalue weighted by Gasteiger charge is 2.48. The summed E-state index contributed by atoms with van der Waals surface area (Å²) >= 11 is 6.26. The van der Waals surface area contributed by atoms with E-state index < -0.39 is 32.5 Å². The number of likely N-dealkylation sites (tertiary alicyclic amines) is 1. The molecule has 53 heavy (non-hydrogen) atoms. The summed E-state index contributed by atoms with van der Waals surface area (Å²) in [6.07, 6.45) is 6.51. The van der Waals surface area contributed by atoms with E-state index in [-0.39, 0.29) is 59.0 Å². The molecule has 13 heteroatoms. The highest BCUT2D eigenvalue weighted by Crippen LogP contribution is 2.50. The third kappa shape index (κ3) is 6.99. The second kappa shape index (κ2) is 14.0. The van der Waals surface area contributed by atoms with Crippen LogP contribution in [0.2, 0.25) is 5.02 Å². The van der Waals surface area contributed by atoms with Gasteiger partial charge in [0.05, 0.1) is 35.3 Å². The Morgan fingerprint density at radius 3 is 2.60 bits per heavy atom. The molecular formula is C40H49ClF3N3O5S. The highest BCUT2D eigenvalue weighted by atomic mass is 35.5. The van der Waals surface area contributed by atoms with Crippen LogP contribution in [0.1, 0.15) is 80.3 Å². The summed E-state index contributed by atoms with van der Waals surface area (Å²) in [6.45, 7) is 6.73. The zero-order chi connectivity index (χ0) is 37.3. The number of benzene rings is 2. The van der Waals surface area contributed by atoms with E-state index in [1.54, 1.807) is 31.2 Å². The number of anilines is 1. The van der Waals surface area contributed by atoms with Crippen molar-refractivity contribution in [3.63, 3.8) is 0 Å². The number of nitrogens with zero attached hydrogens (tertiary/aromatic N) is 2. The second-order valence-electron chi connectivity index (χ2n) is 16.5. The molecule has 0 aromatic heterocycles. The Morgan fingerprint density at radius 1 is 1.09 bits per heavy atom. The van der Waals surface area contributed by atoms with Gasteiger partial charge < -0.3 is 19.3 Å². The molecule has 2 aromatic carbocycles. The molecule has 2 aromatic rings. The van der Waals surface area contributed by atoms with E-state index in [0.29, 0.717) is 75.8 Å². The molecule has 4 heterocycles. The molecule has 288 valence electrons. The standard InChI is InChI=1S/C40H49ClF3N3O5S/c1-24-25(2)53(49,50)45-38(48)26-6-10-35-34(20-26)47(22-39(23-52-35)11-3-4-31-32(39)8-9-33(41)36(31)42)21-27-5-7-30(27)37(29-18-28(24)19-29)51-17-16-46-14-12-40(43,44)13-15-46/h6,8-10,18,20,24-25,27-28,30,37H,3-5,7,11-17,19,21-23H2,1-2H3,(H,45,48)/t24-,25-,27+,28+,30-,37+,39+/m1/s1. The van der Waals surface area contributed by atoms with Crippen LogP contribution in [-0.2, 0) is 26.6 Å². The first kappa shape index (κ1) is 37.1. The van der Waals surface area contributed by atoms with Gasteiger partial charge in [0, 0.05) is 56.5 Å². The van der Waals surface area contributed by atoms with E-state index in [1.165, 1.54) is 0 Å². The van der Waals surface area contributed by atoms with Crippen molar-refractivity contribution in [1.29, 1.82) is 0 Å². The predicted molar refractivity (Wildman–Crippen MR) is 198 cm³/mol. The molecule has 3 aliphatic carbocycles. The molecule has 1 amide bonds. The zero-order valence-corrected chi connectivity index (χ0v) is 32.0. The minimum Gasteiger partial charge on any atom is -0.490 e. The fraction of sp³-hybridized carbons (Fsp3) is 0.625. The first-order valence-corrected chi connectivity index (χ1v) is 21.1. The molecule has 1 spiro atoms. The second-order valence-corrected chi connectivity index (χ2v) is 19.0. The Balaban J connectivity index is 1.14. The van der Waals surface area contributed by atoms with Crippen LogP contribution >= 0.6 is 11.6 Å². The quantitative estimate of drug-likeness (QED) is 0.331. The summed E-state index contributed by atoms with van der Waals surface area (Å²) in [5.74, 6) is -2.87. The van der Waals surface area contributed by atoms with Crippen LogP contribution in [0.3, 0.4) is 0 Å². The average molecular weight is 776 g/mol. The molecule has 9 rings (SSSR count). The van der Waals surface area contributed by atoms with Crippen LogP contribution in [0.4, 0.5) is 18.9 Å². The molecule has 1 saturated heterocycles. The number of allylic oxidation sites excluding steroid dienone is 1. The minimum absolute atomic E-state index is 0.0160. The van der Waals surface area contributed by atoms with Crippen molar-refractivity contribution in [2.75, 3.05) is 50.8 Å². The molecule has 4 aliphatic heterocycles. The van der Waals surface area contributed by atoms with E-state index in [4.69, 9.17) is 21.1 Å². The normalized spacial score (nSPS) is 33.6. The third-order valence-electron chi connectivity index (χ3n) is 13.4. The minimum atomic E-state index is -4.02. The SMILES string of the molecule is C[C@@H]1[C@@H](C)S(=O)(=O)NC(=O)c2ccc3c(c2)N(C[C@@H]2CC[C@H]2[C@@H](OCCN2CCC(F)(F)CC2)C2=C[C@H]1C2)C[C@@]1(CCCc2c1ccc(Cl)c2F)CO3. The third-order valence-corrected chi connectivity index (χ3v) is 15.6. The van der Waals surface area contributed by atoms with Gasteiger partial charge in [0.1, 0.15) is 11.6 Å². The van der Waals surface area contributed by atoms with Gasteiger partial charge in [-0.25, -0.2) is 26.3 Å². The van der Waals surface area contributed by atoms with E-state index in [0.717, 1.165) is 36.8 Å². The van der Waals surface area contributed by atoms with Gasteiger partial charge in [0.25, 0.3) is 11.8 Å². The van der Waals surface area contributed by atoms with Crippen molar-refractivity contribution in [2.24, 2.45) is 23.7 Å². The van der Waals surface area contributed by atoms with Crippen LogP contribution in [0.15, 0.2) is 42.0 Å². The Hall–Kier alpha value is -2.80. The number of nitrogens with one attached hydrogen (secondary N) is 1. The van der Waals surface area contributed by atoms with Crippen LogP contribution in [0, 0.1) is 29.5 Å². The van der Waals surface area contributed by atoms with E-state index in [9.17, 15) is 22.0 Å². The molecule has 7 aliphatic rings. The van der Waals surface area contributed by atoms with Crippen molar-refractivity contribution < 1.29 is 35.9 Å². The zero-order valence-electron chi connectivity index (χ0n) is 30.4. The number of hydrogen-bond acceptors (Lipinski definition) is 7. The molecule has 1 N–H and O–H groups in total. The van der Waals surface area contributed by atoms with Gasteiger partial charge in [0.15, 0.2) is 0 Å². The lowest BCUT2D eigenvalue weighted by molar-refractivity contribution is -0.0678. The number of carbonyl (C=O) groups is 1. The Kier molecular flexibility index (Phi) is 9.84. The van der Waals surface area contributed by atoms with Gasteiger partial charge in [-0.15, -0.1) is 0 Å². The summed E-state index contributed by atoms with van der Waals surface area (Å²) in [7, 11) is -4.02. The van der Waals surface area contributed by atoms with Crippen molar-refractivity contribution in [3.8, 4) is 5.75 Å². The fourth-order valence-corrected chi connectivity index (χ4v) is 11.2. The maximum atomic E-state index is 15.5. The van der Waals surface area contributed by atoms with Gasteiger partial charge in [-0.1, -0.05) is 30.7 Å². The highest BCUT2D eigenvalue weighted by molar-refractivity contribution is 7.90. The van der Waals surface area contributed by atoms with Gasteiger partial charge in [0.2, 0.25) is 10.0 Å². The Labute approximate surface area is 315 Å². The number of rotatable bonds is 4. The van der Waals surface area contributed by atoms with Gasteiger partial charge in [-0.05, 0) is 110 Å². The van der Waals surface area contributed by atoms with Crippen molar-refractivity contribution in [2.45, 2.75) is 87.9 Å². The number of halogens is 4. The molecule has 0 radical (unpaired) electrons. The Morgan fingerprint density at radius 2 is 1.87 bits per heavy atom. The van der Waals surface area contributed by atoms with E-state index >= 15 is 4.39 Å². The maximum Gasteiger partial charge on any atom is 0.264 e. The van der Waals surface area contributed by atoms with Crippen molar-refractivity contribution >= 4 is 33.2 Å². The largest absolute Gasteiger partial charge is 0.490 e. The maximum absolute atomic E-state index is 15.5. The number of piperidine rings is 1. The molecule has 4 bridgehead atoms. The summed E-state index contributed by atoms with van der Waals surface area (Å²) in [5.41, 5.74) is 3.06. The van der Waals surface area contributed by atoms with E-state index in [2.05, 4.69) is 20.6 Å². The predicted octanol–water partition coefficient (Wildman–Crippen LogP) is 7.14. The molecule has 2 fully saturated rings. The Bertz CT molecular complexity index is 1900. The number of sulfonamides is 1.